The van der Waals surface area contributed by atoms with Gasteiger partial charge in [0.25, 0.3) is 0 Å². The Morgan fingerprint density at radius 3 is 1.00 bits per heavy atom. The van der Waals surface area contributed by atoms with Crippen LogP contribution in [-0.2, 0) is 0 Å². The average molecular weight is 97.8 g/mol. The van der Waals surface area contributed by atoms with Crippen molar-refractivity contribution in [3.8, 4) is 0 Å². The van der Waals surface area contributed by atoms with E-state index < -0.39 is 0 Å². The molecular weight excluding hydrogens is 89.8 g/mol. The zero-order chi connectivity index (χ0) is 0. The Kier molecular flexibility index (Phi) is 763. The van der Waals surface area contributed by atoms with Gasteiger partial charge in [-0.25, -0.2) is 0 Å². The standard InChI is InChI=1S/ClH.Mg.H3N.H2O.2H/h1H;;1H3;1H2;;. The highest BCUT2D eigenvalue weighted by atomic mass is 35.5. The summed E-state index contributed by atoms with van der Waals surface area (Å²) in [7, 11) is 0. The van der Waals surface area contributed by atoms with Gasteiger partial charge in [-0.1, -0.05) is 0 Å². The van der Waals surface area contributed by atoms with E-state index in [2.05, 4.69) is 0 Å². The smallest absolute Gasteiger partial charge is 0.316 e. The first-order chi connectivity index (χ1) is 0. The van der Waals surface area contributed by atoms with Crippen molar-refractivity contribution in [1.82, 2.24) is 6.15 Å². The molecule has 5 N–H and O–H groups in total. The Balaban J connectivity index is 0. The van der Waals surface area contributed by atoms with Crippen molar-refractivity contribution < 1.29 is 5.48 Å². The average Bonchev–Trinajstić information content (AvgIpc) is 0. The monoisotopic (exact) mass is 97.0 g/mol. The van der Waals surface area contributed by atoms with Gasteiger partial charge >= 0.3 is 23.1 Å². The van der Waals surface area contributed by atoms with Crippen LogP contribution in [0.25, 0.3) is 0 Å². The van der Waals surface area contributed by atoms with Crippen molar-refractivity contribution in [2.75, 3.05) is 0 Å². The first-order valence-corrected chi connectivity index (χ1v) is 0. The highest BCUT2D eigenvalue weighted by molar-refractivity contribution is 5.85. The molecule has 0 bridgehead atoms. The third-order valence-corrected chi connectivity index (χ3v) is 0. The zero-order valence-electron chi connectivity index (χ0n) is 1.62. The van der Waals surface area contributed by atoms with Crippen molar-refractivity contribution in [3.05, 3.63) is 0 Å². The molecule has 0 aromatic rings. The van der Waals surface area contributed by atoms with Crippen LogP contribution in [0.3, 0.4) is 0 Å². The van der Waals surface area contributed by atoms with Gasteiger partial charge in [-0.2, -0.15) is 0 Å². The third-order valence-electron chi connectivity index (χ3n) is 0. The van der Waals surface area contributed by atoms with Crippen LogP contribution in [0.15, 0.2) is 0 Å². The maximum Gasteiger partial charge on any atom is 0.316 e. The quantitative estimate of drug-likeness (QED) is 0.381. The lowest BCUT2D eigenvalue weighted by molar-refractivity contribution is 0.824. The van der Waals surface area contributed by atoms with Crippen molar-refractivity contribution in [2.45, 2.75) is 0 Å². The first-order valence-electron chi connectivity index (χ1n) is 0. The summed E-state index contributed by atoms with van der Waals surface area (Å²) in [5, 5.41) is 0. The van der Waals surface area contributed by atoms with Gasteiger partial charge in [-0.05, 0) is 0 Å². The Morgan fingerprint density at radius 1 is 1.00 bits per heavy atom. The summed E-state index contributed by atoms with van der Waals surface area (Å²) in [6, 6.07) is 0. The summed E-state index contributed by atoms with van der Waals surface area (Å²) in [4.78, 5) is 0. The lowest BCUT2D eigenvalue weighted by atomic mass is 14.0. The molecule has 0 heterocycles. The Bertz CT molecular complexity index is 8.00. The molecule has 0 radical (unpaired) electrons. The van der Waals surface area contributed by atoms with Crippen LogP contribution in [0.1, 0.15) is 0 Å². The molecule has 0 spiro atoms. The van der Waals surface area contributed by atoms with E-state index in [0.29, 0.717) is 0 Å². The number of rotatable bonds is 0. The second kappa shape index (κ2) is 37.0. The molecule has 0 unspecified atom stereocenters. The molecule has 4 heteroatoms. The topological polar surface area (TPSA) is 66.5 Å². The molecule has 0 aliphatic carbocycles. The Labute approximate surface area is 47.4 Å². The summed E-state index contributed by atoms with van der Waals surface area (Å²) in [5.41, 5.74) is 0. The molecule has 0 saturated heterocycles. The normalized spacial score (nSPS) is 0. The Hall–Kier alpha value is 0.976. The molecule has 0 fully saturated rings. The lowest BCUT2D eigenvalue weighted by Crippen LogP contribution is -0.481. The molecule has 0 aromatic carbocycles. The highest BCUT2D eigenvalue weighted by Gasteiger charge is 0.316. The van der Waals surface area contributed by atoms with Crippen LogP contribution in [0.5, 0.6) is 0 Å². The van der Waals surface area contributed by atoms with Crippen LogP contribution in [0, 0.1) is 0 Å². The Morgan fingerprint density at radius 2 is 1.00 bits per heavy atom. The lowest BCUT2D eigenvalue weighted by Gasteiger charge is -0.412. The van der Waals surface area contributed by atoms with Crippen molar-refractivity contribution >= 4 is 35.5 Å². The van der Waals surface area contributed by atoms with Crippen LogP contribution in [-0.4, -0.2) is 28.5 Å². The van der Waals surface area contributed by atoms with E-state index in [-0.39, 0.29) is 47.1 Å². The summed E-state index contributed by atoms with van der Waals surface area (Å²) >= 11 is 0. The number of halogens is 1. The molecule has 0 aliphatic heterocycles. The number of hydrogen-bond donors (Lipinski definition) is 1. The molecule has 0 rings (SSSR count). The summed E-state index contributed by atoms with van der Waals surface area (Å²) in [6.45, 7) is 0. The molecule has 0 aromatic heterocycles. The molecule has 0 saturated carbocycles. The van der Waals surface area contributed by atoms with E-state index in [1.165, 1.54) is 0 Å². The van der Waals surface area contributed by atoms with E-state index in [9.17, 15) is 0 Å². The van der Waals surface area contributed by atoms with Gasteiger partial charge < -0.3 is 11.6 Å². The van der Waals surface area contributed by atoms with Gasteiger partial charge in [-0.15, -0.1) is 12.4 Å². The van der Waals surface area contributed by atoms with Crippen molar-refractivity contribution in [2.24, 2.45) is 0 Å². The van der Waals surface area contributed by atoms with E-state index >= 15 is 0 Å². The molecule has 28 valence electrons. The second-order valence-corrected chi connectivity index (χ2v) is 0. The molecular formula is H8ClMgNO. The van der Waals surface area contributed by atoms with Crippen LogP contribution >= 0.6 is 12.4 Å². The SMILES string of the molecule is Cl.N.O.[MgH2]. The highest BCUT2D eigenvalue weighted by Crippen LogP contribution is 0.690. The largest absolute Gasteiger partial charge is 0.412 e. The van der Waals surface area contributed by atoms with Gasteiger partial charge in [0.15, 0.2) is 0 Å². The second-order valence-electron chi connectivity index (χ2n) is 0. The third kappa shape index (κ3) is 12.2. The van der Waals surface area contributed by atoms with Gasteiger partial charge in [-0.3, -0.25) is 0 Å². The first kappa shape index (κ1) is 82.6. The van der Waals surface area contributed by atoms with Crippen LogP contribution < -0.4 is 6.15 Å². The molecule has 4 heavy (non-hydrogen) atoms. The van der Waals surface area contributed by atoms with E-state index in [1.807, 2.05) is 0 Å². The minimum atomic E-state index is 0. The van der Waals surface area contributed by atoms with Gasteiger partial charge in [0.2, 0.25) is 0 Å². The zero-order valence-corrected chi connectivity index (χ0v) is 2.43. The minimum absolute atomic E-state index is 0. The number of hydrogen-bond acceptors (Lipinski definition) is 1. The van der Waals surface area contributed by atoms with Crippen molar-refractivity contribution in [3.63, 3.8) is 0 Å². The fourth-order valence-corrected chi connectivity index (χ4v) is 0. The fourth-order valence-electron chi connectivity index (χ4n) is 0. The summed E-state index contributed by atoms with van der Waals surface area (Å²) in [5.74, 6) is 0. The van der Waals surface area contributed by atoms with Crippen molar-refractivity contribution in [1.29, 1.82) is 0 Å². The predicted octanol–water partition coefficient (Wildman–Crippen LogP) is -1.16. The molecule has 0 aliphatic rings. The van der Waals surface area contributed by atoms with Gasteiger partial charge in [0, 0.05) is 0 Å². The molecule has 2 nitrogen and oxygen atoms in total. The minimum Gasteiger partial charge on any atom is -0.412 e. The van der Waals surface area contributed by atoms with E-state index in [4.69, 9.17) is 0 Å². The van der Waals surface area contributed by atoms with Crippen LogP contribution in [0.4, 0.5) is 0 Å². The fraction of sp³-hybridized carbons (Fsp3) is 0. The molecule has 0 atom stereocenters. The van der Waals surface area contributed by atoms with Gasteiger partial charge in [0.05, 0.1) is 0 Å². The maximum absolute atomic E-state index is 0. The van der Waals surface area contributed by atoms with Crippen LogP contribution in [0.2, 0.25) is 0 Å². The maximum atomic E-state index is 0. The van der Waals surface area contributed by atoms with Gasteiger partial charge in [0.1, 0.15) is 0 Å². The summed E-state index contributed by atoms with van der Waals surface area (Å²) in [6.07, 6.45) is 0. The van der Waals surface area contributed by atoms with E-state index in [1.54, 1.807) is 0 Å². The molecule has 0 amide bonds. The van der Waals surface area contributed by atoms with E-state index in [0.717, 1.165) is 0 Å². The summed E-state index contributed by atoms with van der Waals surface area (Å²) < 4.78 is 0. The predicted molar refractivity (Wildman–Crippen MR) is 24.4 cm³/mol.